The molecule has 7 heteroatoms. The lowest BCUT2D eigenvalue weighted by Gasteiger charge is -2.33. The predicted molar refractivity (Wildman–Crippen MR) is 91.0 cm³/mol. The highest BCUT2D eigenvalue weighted by atomic mass is 31.2. The largest absolute Gasteiger partial charge is 0.422 e. The average molecular weight is 346 g/mol. The van der Waals surface area contributed by atoms with E-state index in [0.717, 1.165) is 0 Å². The molecule has 0 bridgehead atoms. The summed E-state index contributed by atoms with van der Waals surface area (Å²) in [7, 11) is -3.58. The molecule has 126 valence electrons. The third-order valence-corrected chi connectivity index (χ3v) is 5.70. The van der Waals surface area contributed by atoms with Gasteiger partial charge in [0.25, 0.3) is 5.91 Å². The lowest BCUT2D eigenvalue weighted by atomic mass is 10.2. The number of amides is 1. The second-order valence-electron chi connectivity index (χ2n) is 5.30. The van der Waals surface area contributed by atoms with Crippen LogP contribution >= 0.6 is 7.67 Å². The van der Waals surface area contributed by atoms with E-state index >= 15 is 0 Å². The van der Waals surface area contributed by atoms with Crippen molar-refractivity contribution in [1.82, 2.24) is 9.76 Å². The maximum atomic E-state index is 13.4. The second kappa shape index (κ2) is 7.62. The van der Waals surface area contributed by atoms with Gasteiger partial charge in [0, 0.05) is 18.7 Å². The van der Waals surface area contributed by atoms with E-state index < -0.39 is 13.6 Å². The van der Waals surface area contributed by atoms with Crippen molar-refractivity contribution in [2.24, 2.45) is 0 Å². The standard InChI is InChI=1S/C17H19N2O4P/c20-17(15-7-3-1-4-8-15)18-24(21,19-11-13-22-14-12-19)23-16-9-5-2-6-10-16/h1-10H,11-14H2,(H,18,20,21). The molecule has 0 radical (unpaired) electrons. The van der Waals surface area contributed by atoms with Crippen molar-refractivity contribution in [2.75, 3.05) is 26.3 Å². The molecule has 1 aliphatic heterocycles. The van der Waals surface area contributed by atoms with Crippen molar-refractivity contribution >= 4 is 13.6 Å². The number of hydrogen-bond donors (Lipinski definition) is 1. The molecule has 0 aromatic heterocycles. The number of rotatable bonds is 5. The Bertz CT molecular complexity index is 718. The molecule has 1 fully saturated rings. The maximum absolute atomic E-state index is 13.4. The van der Waals surface area contributed by atoms with Gasteiger partial charge in [-0.2, -0.15) is 4.67 Å². The molecule has 2 aromatic carbocycles. The number of carbonyl (C=O) groups is 1. The fourth-order valence-electron chi connectivity index (χ4n) is 2.37. The monoisotopic (exact) mass is 346 g/mol. The van der Waals surface area contributed by atoms with Crippen molar-refractivity contribution in [3.8, 4) is 5.75 Å². The van der Waals surface area contributed by atoms with E-state index in [-0.39, 0.29) is 0 Å². The van der Waals surface area contributed by atoms with Crippen LogP contribution in [0, 0.1) is 0 Å². The van der Waals surface area contributed by atoms with E-state index in [0.29, 0.717) is 37.6 Å². The van der Waals surface area contributed by atoms with Crippen LogP contribution in [0.25, 0.3) is 0 Å². The highest BCUT2D eigenvalue weighted by Gasteiger charge is 2.37. The molecule has 3 rings (SSSR count). The minimum atomic E-state index is -3.58. The van der Waals surface area contributed by atoms with Crippen molar-refractivity contribution < 1.29 is 18.6 Å². The van der Waals surface area contributed by atoms with Gasteiger partial charge < -0.3 is 9.26 Å². The number of hydrogen-bond acceptors (Lipinski definition) is 4. The zero-order valence-corrected chi connectivity index (χ0v) is 14.0. The fraction of sp³-hybridized carbons (Fsp3) is 0.235. The number of benzene rings is 2. The van der Waals surface area contributed by atoms with Gasteiger partial charge in [-0.3, -0.25) is 9.88 Å². The van der Waals surface area contributed by atoms with Gasteiger partial charge in [0.05, 0.1) is 13.2 Å². The molecular formula is C17H19N2O4P. The molecule has 1 atom stereocenters. The van der Waals surface area contributed by atoms with Crippen LogP contribution in [0.5, 0.6) is 5.75 Å². The van der Waals surface area contributed by atoms with Crippen molar-refractivity contribution in [1.29, 1.82) is 0 Å². The van der Waals surface area contributed by atoms with Crippen LogP contribution in [-0.2, 0) is 9.30 Å². The van der Waals surface area contributed by atoms with E-state index in [1.807, 2.05) is 12.1 Å². The minimum absolute atomic E-state index is 0.429. The smallest absolute Gasteiger partial charge is 0.418 e. The zero-order valence-electron chi connectivity index (χ0n) is 13.1. The minimum Gasteiger partial charge on any atom is -0.418 e. The number of para-hydroxylation sites is 1. The number of carbonyl (C=O) groups excluding carboxylic acids is 1. The molecule has 1 N–H and O–H groups in total. The Morgan fingerprint density at radius 2 is 1.58 bits per heavy atom. The summed E-state index contributed by atoms with van der Waals surface area (Å²) in [5, 5.41) is 2.59. The third kappa shape index (κ3) is 4.03. The predicted octanol–water partition coefficient (Wildman–Crippen LogP) is 2.94. The van der Waals surface area contributed by atoms with Gasteiger partial charge in [0.2, 0.25) is 0 Å². The molecule has 1 amide bonds. The van der Waals surface area contributed by atoms with Gasteiger partial charge in [-0.1, -0.05) is 36.4 Å². The van der Waals surface area contributed by atoms with E-state index in [9.17, 15) is 9.36 Å². The lowest BCUT2D eigenvalue weighted by molar-refractivity contribution is 0.0666. The molecule has 0 saturated carbocycles. The summed E-state index contributed by atoms with van der Waals surface area (Å²) >= 11 is 0. The Labute approximate surface area is 140 Å². The first-order valence-corrected chi connectivity index (χ1v) is 9.31. The highest BCUT2D eigenvalue weighted by Crippen LogP contribution is 2.47. The molecule has 24 heavy (non-hydrogen) atoms. The molecule has 0 spiro atoms. The number of nitrogens with one attached hydrogen (secondary N) is 1. The summed E-state index contributed by atoms with van der Waals surface area (Å²) in [5.41, 5.74) is 0.433. The molecule has 2 aromatic rings. The molecule has 6 nitrogen and oxygen atoms in total. The molecule has 1 saturated heterocycles. The average Bonchev–Trinajstić information content (AvgIpc) is 2.64. The molecule has 1 unspecified atom stereocenters. The van der Waals surface area contributed by atoms with Gasteiger partial charge in [0.15, 0.2) is 0 Å². The lowest BCUT2D eigenvalue weighted by Crippen LogP contribution is -2.40. The van der Waals surface area contributed by atoms with Crippen LogP contribution in [0.1, 0.15) is 10.4 Å². The van der Waals surface area contributed by atoms with E-state index in [1.54, 1.807) is 53.2 Å². The van der Waals surface area contributed by atoms with E-state index in [2.05, 4.69) is 5.09 Å². The summed E-state index contributed by atoms with van der Waals surface area (Å²) in [4.78, 5) is 12.5. The molecule has 1 aliphatic rings. The summed E-state index contributed by atoms with van der Waals surface area (Å²) in [6.45, 7) is 1.76. The summed E-state index contributed by atoms with van der Waals surface area (Å²) in [6.07, 6.45) is 0. The topological polar surface area (TPSA) is 67.9 Å². The SMILES string of the molecule is O=C(NP(=O)(Oc1ccccc1)N1CCOCC1)c1ccccc1. The van der Waals surface area contributed by atoms with Crippen molar-refractivity contribution in [2.45, 2.75) is 0 Å². The molecular weight excluding hydrogens is 327 g/mol. The van der Waals surface area contributed by atoms with Crippen LogP contribution < -0.4 is 9.61 Å². The Balaban J connectivity index is 1.84. The number of ether oxygens (including phenoxy) is 1. The number of morpholine rings is 1. The van der Waals surface area contributed by atoms with Crippen LogP contribution in [-0.4, -0.2) is 36.9 Å². The van der Waals surface area contributed by atoms with Crippen molar-refractivity contribution in [3.63, 3.8) is 0 Å². The van der Waals surface area contributed by atoms with Crippen LogP contribution in [0.3, 0.4) is 0 Å². The quantitative estimate of drug-likeness (QED) is 0.843. The summed E-state index contributed by atoms with van der Waals surface area (Å²) < 4.78 is 26.1. The molecule has 0 aliphatic carbocycles. The van der Waals surface area contributed by atoms with Gasteiger partial charge in [-0.15, -0.1) is 0 Å². The number of nitrogens with zero attached hydrogens (tertiary/aromatic N) is 1. The zero-order chi connectivity index (χ0) is 16.8. The summed E-state index contributed by atoms with van der Waals surface area (Å²) in [5.74, 6) is 0.0158. The third-order valence-electron chi connectivity index (χ3n) is 3.61. The van der Waals surface area contributed by atoms with Gasteiger partial charge in [0.1, 0.15) is 5.75 Å². The highest BCUT2D eigenvalue weighted by molar-refractivity contribution is 7.55. The van der Waals surface area contributed by atoms with Gasteiger partial charge >= 0.3 is 7.67 Å². The van der Waals surface area contributed by atoms with Crippen LogP contribution in [0.4, 0.5) is 0 Å². The van der Waals surface area contributed by atoms with Crippen LogP contribution in [0.2, 0.25) is 0 Å². The van der Waals surface area contributed by atoms with Gasteiger partial charge in [-0.05, 0) is 24.3 Å². The van der Waals surface area contributed by atoms with Crippen LogP contribution in [0.15, 0.2) is 60.7 Å². The Kier molecular flexibility index (Phi) is 5.30. The first-order chi connectivity index (χ1) is 11.7. The Morgan fingerprint density at radius 1 is 1.00 bits per heavy atom. The molecule has 1 heterocycles. The van der Waals surface area contributed by atoms with Crippen molar-refractivity contribution in [3.05, 3.63) is 66.2 Å². The second-order valence-corrected chi connectivity index (χ2v) is 7.31. The normalized spacial score (nSPS) is 17.7. The van der Waals surface area contributed by atoms with Gasteiger partial charge in [-0.25, -0.2) is 4.57 Å². The first-order valence-electron chi connectivity index (χ1n) is 7.73. The first kappa shape index (κ1) is 16.7. The van der Waals surface area contributed by atoms with E-state index in [1.165, 1.54) is 0 Å². The Morgan fingerprint density at radius 3 is 2.21 bits per heavy atom. The fourth-order valence-corrected chi connectivity index (χ4v) is 4.16. The Hall–Kier alpha value is -2.14. The van der Waals surface area contributed by atoms with E-state index in [4.69, 9.17) is 9.26 Å². The maximum Gasteiger partial charge on any atom is 0.422 e. The summed E-state index contributed by atoms with van der Waals surface area (Å²) in [6, 6.07) is 17.5.